The van der Waals surface area contributed by atoms with E-state index in [2.05, 4.69) is 79.1 Å². The number of fused-ring (bicyclic) bond motifs is 6. The van der Waals surface area contributed by atoms with Gasteiger partial charge in [-0.25, -0.2) is 0 Å². The van der Waals surface area contributed by atoms with Crippen molar-refractivity contribution in [3.8, 4) is 0 Å². The summed E-state index contributed by atoms with van der Waals surface area (Å²) >= 11 is 0. The third kappa shape index (κ3) is 4.92. The Morgan fingerprint density at radius 2 is 1.02 bits per heavy atom. The van der Waals surface area contributed by atoms with Gasteiger partial charge in [0.05, 0.1) is 0 Å². The molecule has 8 rings (SSSR count). The molecule has 2 aromatic carbocycles. The highest BCUT2D eigenvalue weighted by molar-refractivity contribution is 5.53. The Morgan fingerprint density at radius 1 is 0.524 bits per heavy atom. The fourth-order valence-corrected chi connectivity index (χ4v) is 12.0. The van der Waals surface area contributed by atoms with Crippen LogP contribution >= 0.6 is 0 Å². The summed E-state index contributed by atoms with van der Waals surface area (Å²) in [6, 6.07) is 23.4. The highest BCUT2D eigenvalue weighted by atomic mass is 15.2. The van der Waals surface area contributed by atoms with Crippen LogP contribution in [0.3, 0.4) is 0 Å². The molecule has 2 saturated carbocycles. The fraction of sp³-hybridized carbons (Fsp3) is 0.700. The van der Waals surface area contributed by atoms with Crippen molar-refractivity contribution in [2.45, 2.75) is 153 Å². The minimum absolute atomic E-state index is 0.356. The smallest absolute Gasteiger partial charge is 0.0371 e. The number of hydrogen-bond donors (Lipinski definition) is 0. The Kier molecular flexibility index (Phi) is 7.15. The van der Waals surface area contributed by atoms with E-state index in [4.69, 9.17) is 0 Å². The molecule has 0 radical (unpaired) electrons. The number of hydrogen-bond acceptors (Lipinski definition) is 2. The fourth-order valence-electron chi connectivity index (χ4n) is 12.0. The van der Waals surface area contributed by atoms with Crippen LogP contribution in [0.5, 0.6) is 0 Å². The van der Waals surface area contributed by atoms with Crippen molar-refractivity contribution in [2.24, 2.45) is 23.7 Å². The van der Waals surface area contributed by atoms with E-state index < -0.39 is 0 Å². The van der Waals surface area contributed by atoms with E-state index in [0.717, 1.165) is 47.8 Å². The molecule has 2 heteroatoms. The van der Waals surface area contributed by atoms with Gasteiger partial charge in [-0.05, 0) is 167 Å². The number of rotatable bonds is 4. The molecule has 0 spiro atoms. The molecular weight excluding hydrogens is 508 g/mol. The van der Waals surface area contributed by atoms with Gasteiger partial charge in [0, 0.05) is 35.5 Å². The number of nitrogens with zero attached hydrogens (tertiary/aromatic N) is 2. The predicted molar refractivity (Wildman–Crippen MR) is 178 cm³/mol. The highest BCUT2D eigenvalue weighted by Crippen LogP contribution is 2.57. The molecule has 42 heavy (non-hydrogen) atoms. The Bertz CT molecular complexity index is 1200. The van der Waals surface area contributed by atoms with Gasteiger partial charge in [0.1, 0.15) is 0 Å². The lowest BCUT2D eigenvalue weighted by molar-refractivity contribution is 0.0954. The standard InChI is InChI=1S/C40H56N2/c1-27-19-36-6-4-7-37(20-27)41(36)34-14-10-31(11-15-34)32-23-30-18-29(3)24-40(25-30,26-32)33-12-16-35(17-13-33)42-38-8-5-9-39(42)22-28(2)21-38/h10-17,27-30,32,36-39H,4-9,18-26H2,1-3H3. The van der Waals surface area contributed by atoms with E-state index in [1.54, 1.807) is 11.1 Å². The molecule has 4 saturated heterocycles. The summed E-state index contributed by atoms with van der Waals surface area (Å²) in [6.07, 6.45) is 20.9. The molecule has 6 aliphatic rings. The van der Waals surface area contributed by atoms with Gasteiger partial charge < -0.3 is 9.80 Å². The van der Waals surface area contributed by atoms with E-state index in [1.165, 1.54) is 108 Å². The topological polar surface area (TPSA) is 6.48 Å². The van der Waals surface area contributed by atoms with Gasteiger partial charge in [-0.15, -0.1) is 0 Å². The summed E-state index contributed by atoms with van der Waals surface area (Å²) < 4.78 is 0. The third-order valence-electron chi connectivity index (χ3n) is 13.3. The molecular formula is C40H56N2. The first-order valence-electron chi connectivity index (χ1n) is 18.2. The molecule has 0 aromatic heterocycles. The van der Waals surface area contributed by atoms with Crippen LogP contribution in [0.25, 0.3) is 0 Å². The van der Waals surface area contributed by atoms with Gasteiger partial charge in [-0.2, -0.15) is 0 Å². The zero-order valence-electron chi connectivity index (χ0n) is 26.8. The molecule has 6 fully saturated rings. The molecule has 4 heterocycles. The summed E-state index contributed by atoms with van der Waals surface area (Å²) in [5, 5.41) is 0. The van der Waals surface area contributed by atoms with E-state index in [-0.39, 0.29) is 0 Å². The molecule has 0 amide bonds. The zero-order valence-corrected chi connectivity index (χ0v) is 26.8. The van der Waals surface area contributed by atoms with Gasteiger partial charge in [-0.1, -0.05) is 45.0 Å². The van der Waals surface area contributed by atoms with Crippen LogP contribution in [0.15, 0.2) is 48.5 Å². The lowest BCUT2D eigenvalue weighted by Crippen LogP contribution is -2.52. The summed E-state index contributed by atoms with van der Waals surface area (Å²) in [5.74, 6) is 4.21. The molecule has 4 aliphatic heterocycles. The van der Waals surface area contributed by atoms with Crippen LogP contribution in [0.4, 0.5) is 11.4 Å². The zero-order chi connectivity index (χ0) is 28.4. The number of piperidine rings is 4. The van der Waals surface area contributed by atoms with E-state index in [0.29, 0.717) is 11.3 Å². The summed E-state index contributed by atoms with van der Waals surface area (Å²) in [6.45, 7) is 7.50. The molecule has 8 unspecified atom stereocenters. The first-order valence-corrected chi connectivity index (χ1v) is 18.2. The highest BCUT2D eigenvalue weighted by Gasteiger charge is 2.47. The molecule has 2 aliphatic carbocycles. The van der Waals surface area contributed by atoms with Crippen LogP contribution < -0.4 is 9.80 Å². The Labute approximate surface area is 256 Å². The van der Waals surface area contributed by atoms with Crippen molar-refractivity contribution in [3.05, 3.63) is 59.7 Å². The lowest BCUT2D eigenvalue weighted by Gasteiger charge is -2.52. The Balaban J connectivity index is 1.03. The van der Waals surface area contributed by atoms with E-state index >= 15 is 0 Å². The second kappa shape index (κ2) is 10.9. The van der Waals surface area contributed by atoms with Gasteiger partial charge in [0.15, 0.2) is 0 Å². The SMILES string of the molecule is CC1CC2CCCC(C1)N2c1ccc(C2CC3CC(C)CC(c4ccc(N5C6CCCC5CC(C)C6)cc4)(C3)C2)cc1. The average molecular weight is 565 g/mol. The Morgan fingerprint density at radius 3 is 1.55 bits per heavy atom. The van der Waals surface area contributed by atoms with Crippen LogP contribution in [0.2, 0.25) is 0 Å². The molecule has 226 valence electrons. The molecule has 8 atom stereocenters. The lowest BCUT2D eigenvalue weighted by atomic mass is 9.53. The summed E-state index contributed by atoms with van der Waals surface area (Å²) in [5.41, 5.74) is 6.64. The van der Waals surface area contributed by atoms with Gasteiger partial charge >= 0.3 is 0 Å². The third-order valence-corrected chi connectivity index (χ3v) is 13.3. The average Bonchev–Trinajstić information content (AvgIpc) is 2.96. The molecule has 0 N–H and O–H groups in total. The van der Waals surface area contributed by atoms with Crippen LogP contribution in [-0.4, -0.2) is 24.2 Å². The monoisotopic (exact) mass is 564 g/mol. The van der Waals surface area contributed by atoms with Crippen LogP contribution in [0, 0.1) is 23.7 Å². The number of anilines is 2. The second-order valence-corrected chi connectivity index (χ2v) is 16.6. The first kappa shape index (κ1) is 27.6. The van der Waals surface area contributed by atoms with Crippen molar-refractivity contribution < 1.29 is 0 Å². The van der Waals surface area contributed by atoms with Crippen molar-refractivity contribution in [2.75, 3.05) is 9.80 Å². The van der Waals surface area contributed by atoms with E-state index in [1.807, 2.05) is 0 Å². The maximum atomic E-state index is 2.85. The Hall–Kier alpha value is -1.96. The summed E-state index contributed by atoms with van der Waals surface area (Å²) in [7, 11) is 0. The van der Waals surface area contributed by atoms with E-state index in [9.17, 15) is 0 Å². The minimum Gasteiger partial charge on any atom is -0.366 e. The quantitative estimate of drug-likeness (QED) is 0.364. The maximum Gasteiger partial charge on any atom is 0.0371 e. The van der Waals surface area contributed by atoms with Gasteiger partial charge in [0.2, 0.25) is 0 Å². The van der Waals surface area contributed by atoms with Gasteiger partial charge in [-0.3, -0.25) is 0 Å². The first-order chi connectivity index (χ1) is 20.4. The van der Waals surface area contributed by atoms with Crippen molar-refractivity contribution in [3.63, 3.8) is 0 Å². The maximum absolute atomic E-state index is 2.85. The van der Waals surface area contributed by atoms with Gasteiger partial charge in [0.25, 0.3) is 0 Å². The molecule has 2 aromatic rings. The summed E-state index contributed by atoms with van der Waals surface area (Å²) in [4.78, 5) is 5.68. The van der Waals surface area contributed by atoms with Crippen molar-refractivity contribution in [1.29, 1.82) is 0 Å². The normalized spacial score (nSPS) is 41.5. The predicted octanol–water partition coefficient (Wildman–Crippen LogP) is 10.3. The number of benzene rings is 2. The molecule has 6 bridgehead atoms. The van der Waals surface area contributed by atoms with Crippen LogP contribution in [0.1, 0.15) is 134 Å². The van der Waals surface area contributed by atoms with Crippen LogP contribution in [-0.2, 0) is 5.41 Å². The van der Waals surface area contributed by atoms with Crippen molar-refractivity contribution in [1.82, 2.24) is 0 Å². The molecule has 2 nitrogen and oxygen atoms in total. The largest absolute Gasteiger partial charge is 0.366 e. The van der Waals surface area contributed by atoms with Crippen molar-refractivity contribution >= 4 is 11.4 Å². The second-order valence-electron chi connectivity index (χ2n) is 16.6. The minimum atomic E-state index is 0.356.